The van der Waals surface area contributed by atoms with Gasteiger partial charge >= 0.3 is 6.09 Å². The number of hydroxylamine groups is 1. The highest BCUT2D eigenvalue weighted by Crippen LogP contribution is 2.47. The highest BCUT2D eigenvalue weighted by molar-refractivity contribution is 8.17. The number of thioether (sulfide) groups is 2. The molecule has 1 fully saturated rings. The first-order valence-electron chi connectivity index (χ1n) is 11.1. The quantitative estimate of drug-likeness (QED) is 0.149. The Hall–Kier alpha value is -2.15. The summed E-state index contributed by atoms with van der Waals surface area (Å²) >= 11 is 2.16. The number of carbonyl (C=O) groups excluding carboxylic acids is 1. The lowest BCUT2D eigenvalue weighted by atomic mass is 9.82. The van der Waals surface area contributed by atoms with Crippen LogP contribution in [0.25, 0.3) is 0 Å². The maximum absolute atomic E-state index is 13.9. The molecule has 4 N–H and O–H groups in total. The van der Waals surface area contributed by atoms with Gasteiger partial charge in [0.1, 0.15) is 12.4 Å². The predicted molar refractivity (Wildman–Crippen MR) is 142 cm³/mol. The molecule has 1 unspecified atom stereocenters. The van der Waals surface area contributed by atoms with Gasteiger partial charge in [-0.1, -0.05) is 26.7 Å². The molecule has 11 nitrogen and oxygen atoms in total. The summed E-state index contributed by atoms with van der Waals surface area (Å²) in [7, 11) is -4.34. The van der Waals surface area contributed by atoms with Crippen LogP contribution in [-0.2, 0) is 19.6 Å². The van der Waals surface area contributed by atoms with Crippen molar-refractivity contribution in [3.05, 3.63) is 24.3 Å². The van der Waals surface area contributed by atoms with E-state index in [0.29, 0.717) is 5.75 Å². The van der Waals surface area contributed by atoms with Crippen LogP contribution in [0.4, 0.5) is 4.79 Å². The molecule has 0 saturated carbocycles. The Bertz CT molecular complexity index is 1120. The van der Waals surface area contributed by atoms with Gasteiger partial charge in [-0.3, -0.25) is 10.0 Å². The molecular weight excluding hydrogens is 542 g/mol. The molecule has 0 aromatic heterocycles. The zero-order chi connectivity index (χ0) is 28.0. The maximum atomic E-state index is 13.9. The molecule has 14 heteroatoms. The molecule has 0 bridgehead atoms. The summed E-state index contributed by atoms with van der Waals surface area (Å²) in [6.07, 6.45) is 1.02. The van der Waals surface area contributed by atoms with Gasteiger partial charge in [-0.2, -0.15) is 4.31 Å². The second-order valence-corrected chi connectivity index (χ2v) is 13.3. The summed E-state index contributed by atoms with van der Waals surface area (Å²) in [6.45, 7) is 6.85. The number of hydrogen-bond acceptors (Lipinski definition) is 9. The van der Waals surface area contributed by atoms with Crippen molar-refractivity contribution < 1.29 is 37.8 Å². The summed E-state index contributed by atoms with van der Waals surface area (Å²) < 4.78 is 39.1. The van der Waals surface area contributed by atoms with Crippen LogP contribution in [0.5, 0.6) is 5.75 Å². The molecule has 37 heavy (non-hydrogen) atoms. The van der Waals surface area contributed by atoms with Gasteiger partial charge in [-0.25, -0.2) is 18.7 Å². The van der Waals surface area contributed by atoms with Crippen LogP contribution in [0.1, 0.15) is 27.7 Å². The van der Waals surface area contributed by atoms with E-state index in [2.05, 4.69) is 17.2 Å². The topological polar surface area (TPSA) is 154 Å². The Morgan fingerprint density at radius 1 is 1.27 bits per heavy atom. The molecule has 1 aromatic carbocycles. The van der Waals surface area contributed by atoms with Crippen LogP contribution < -0.4 is 15.5 Å². The van der Waals surface area contributed by atoms with E-state index < -0.39 is 49.9 Å². The Morgan fingerprint density at radius 3 is 2.32 bits per heavy atom. The van der Waals surface area contributed by atoms with Crippen molar-refractivity contribution in [2.24, 2.45) is 5.41 Å². The van der Waals surface area contributed by atoms with Crippen LogP contribution in [0.3, 0.4) is 0 Å². The number of sulfonamides is 1. The number of carbonyl (C=O) groups is 2. The third-order valence-corrected chi connectivity index (χ3v) is 10.4. The summed E-state index contributed by atoms with van der Waals surface area (Å²) in [5.74, 6) is 4.87. The van der Waals surface area contributed by atoms with E-state index in [1.807, 2.05) is 0 Å². The Kier molecular flexibility index (Phi) is 10.6. The lowest BCUT2D eigenvalue weighted by molar-refractivity contribution is -0.149. The van der Waals surface area contributed by atoms with Gasteiger partial charge < -0.3 is 19.9 Å². The number of morpholine rings is 1. The van der Waals surface area contributed by atoms with Crippen LogP contribution >= 0.6 is 23.5 Å². The maximum Gasteiger partial charge on any atom is 0.404 e. The minimum Gasteiger partial charge on any atom is -0.481 e. The standard InChI is InChI=1S/C23H33N3O8S3/c1-7-8-13-33-15-9-11-16(12-10-15)37(31,32)26-14-17(18(22(2,3)4)24-21(28)29)34-23(35-5,36-6)19(26)20(27)25-30/h9-12,17-19,24,30H,13-14H2,1-6H3,(H,25,27)(H,28,29)/t17-,18?,19+/m1/s1. The fourth-order valence-electron chi connectivity index (χ4n) is 3.97. The summed E-state index contributed by atoms with van der Waals surface area (Å²) in [5, 5.41) is 21.4. The van der Waals surface area contributed by atoms with Gasteiger partial charge in [0.05, 0.1) is 17.0 Å². The third kappa shape index (κ3) is 7.04. The number of hydrogen-bond donors (Lipinski definition) is 4. The second kappa shape index (κ2) is 12.6. The van der Waals surface area contributed by atoms with E-state index in [-0.39, 0.29) is 18.0 Å². The molecule has 1 saturated heterocycles. The van der Waals surface area contributed by atoms with E-state index in [9.17, 15) is 28.3 Å². The van der Waals surface area contributed by atoms with Crippen molar-refractivity contribution in [3.63, 3.8) is 0 Å². The van der Waals surface area contributed by atoms with E-state index in [1.54, 1.807) is 45.7 Å². The molecule has 206 valence electrons. The highest BCUT2D eigenvalue weighted by Gasteiger charge is 2.58. The van der Waals surface area contributed by atoms with E-state index in [0.717, 1.165) is 27.8 Å². The first-order chi connectivity index (χ1) is 17.3. The number of ether oxygens (including phenoxy) is 2. The fraction of sp³-hybridized carbons (Fsp3) is 0.565. The lowest BCUT2D eigenvalue weighted by Crippen LogP contribution is -2.69. The van der Waals surface area contributed by atoms with Crippen LogP contribution in [0.15, 0.2) is 29.2 Å². The smallest absolute Gasteiger partial charge is 0.404 e. The molecule has 1 aliphatic rings. The molecular formula is C23H33N3O8S3. The van der Waals surface area contributed by atoms with Crippen molar-refractivity contribution in [1.29, 1.82) is 0 Å². The normalized spacial score (nSPS) is 20.7. The van der Waals surface area contributed by atoms with Gasteiger partial charge in [0.25, 0.3) is 5.91 Å². The van der Waals surface area contributed by atoms with Crippen molar-refractivity contribution >= 4 is 45.5 Å². The number of nitrogens with zero attached hydrogens (tertiary/aromatic N) is 1. The SMILES string of the molecule is CC#CCOc1ccc(S(=O)(=O)N2C[C@H](C(NC(=O)O)C(C)(C)C)OC(SC)(SC)[C@@H]2C(=O)NO)cc1. The first-order valence-corrected chi connectivity index (χ1v) is 15.0. The molecule has 0 radical (unpaired) electrons. The van der Waals surface area contributed by atoms with E-state index >= 15 is 0 Å². The average molecular weight is 576 g/mol. The minimum atomic E-state index is -4.34. The predicted octanol–water partition coefficient (Wildman–Crippen LogP) is 2.41. The Morgan fingerprint density at radius 2 is 1.86 bits per heavy atom. The van der Waals surface area contributed by atoms with E-state index in [4.69, 9.17) is 9.47 Å². The van der Waals surface area contributed by atoms with Gasteiger partial charge in [0, 0.05) is 6.54 Å². The largest absolute Gasteiger partial charge is 0.481 e. The fourth-order valence-corrected chi connectivity index (χ4v) is 7.74. The Balaban J connectivity index is 2.63. The molecule has 2 amide bonds. The van der Waals surface area contributed by atoms with Crippen LogP contribution in [-0.4, -0.2) is 83.2 Å². The molecule has 1 heterocycles. The van der Waals surface area contributed by atoms with Crippen LogP contribution in [0, 0.1) is 17.3 Å². The number of amides is 2. The lowest BCUT2D eigenvalue weighted by Gasteiger charge is -2.51. The summed E-state index contributed by atoms with van der Waals surface area (Å²) in [4.78, 5) is 24.4. The molecule has 0 spiro atoms. The molecule has 1 aromatic rings. The molecule has 1 aliphatic heterocycles. The average Bonchev–Trinajstić information content (AvgIpc) is 2.85. The first kappa shape index (κ1) is 31.1. The van der Waals surface area contributed by atoms with E-state index in [1.165, 1.54) is 24.3 Å². The third-order valence-electron chi connectivity index (χ3n) is 5.73. The minimum absolute atomic E-state index is 0.118. The number of benzene rings is 1. The van der Waals surface area contributed by atoms with Gasteiger partial charge in [-0.15, -0.1) is 29.4 Å². The Labute approximate surface area is 226 Å². The van der Waals surface area contributed by atoms with Crippen molar-refractivity contribution in [2.45, 2.75) is 55.0 Å². The molecule has 2 rings (SSSR count). The molecule has 3 atom stereocenters. The van der Waals surface area contributed by atoms with Gasteiger partial charge in [0.15, 0.2) is 10.3 Å². The number of carboxylic acid groups (broad SMARTS) is 1. The molecule has 0 aliphatic carbocycles. The van der Waals surface area contributed by atoms with Crippen molar-refractivity contribution in [2.75, 3.05) is 25.7 Å². The van der Waals surface area contributed by atoms with Gasteiger partial charge in [-0.05, 0) is 49.1 Å². The monoisotopic (exact) mass is 575 g/mol. The zero-order valence-corrected chi connectivity index (χ0v) is 23.9. The van der Waals surface area contributed by atoms with Crippen LogP contribution in [0.2, 0.25) is 0 Å². The highest BCUT2D eigenvalue weighted by atomic mass is 32.2. The van der Waals surface area contributed by atoms with Crippen molar-refractivity contribution in [3.8, 4) is 17.6 Å². The second-order valence-electron chi connectivity index (χ2n) is 9.10. The number of rotatable bonds is 9. The number of nitrogens with one attached hydrogen (secondary N) is 2. The van der Waals surface area contributed by atoms with Gasteiger partial charge in [0.2, 0.25) is 10.0 Å². The summed E-state index contributed by atoms with van der Waals surface area (Å²) in [6, 6.07) is 3.32. The summed E-state index contributed by atoms with van der Waals surface area (Å²) in [5.41, 5.74) is 0.888. The zero-order valence-electron chi connectivity index (χ0n) is 21.5. The van der Waals surface area contributed by atoms with Crippen molar-refractivity contribution in [1.82, 2.24) is 15.1 Å².